The average Bonchev–Trinajstić information content (AvgIpc) is 3.12. The summed E-state index contributed by atoms with van der Waals surface area (Å²) in [5.41, 5.74) is 3.07. The summed E-state index contributed by atoms with van der Waals surface area (Å²) in [6.07, 6.45) is 1.74. The summed E-state index contributed by atoms with van der Waals surface area (Å²) in [6.45, 7) is 1.87. The van der Waals surface area contributed by atoms with Gasteiger partial charge < -0.3 is 10.1 Å². The highest BCUT2D eigenvalue weighted by molar-refractivity contribution is 7.15. The highest BCUT2D eigenvalue weighted by Crippen LogP contribution is 2.38. The van der Waals surface area contributed by atoms with Crippen LogP contribution in [0.25, 0.3) is 22.0 Å². The number of thiazole rings is 1. The van der Waals surface area contributed by atoms with Crippen molar-refractivity contribution in [3.8, 4) is 27.7 Å². The Morgan fingerprint density at radius 2 is 2.18 bits per heavy atom. The molecule has 1 aromatic carbocycles. The normalized spacial score (nSPS) is 13.1. The standard InChI is InChI=1S/C20H18N4O3S/c1-12-19(23-20(28-12)14-5-3-4-8-22-14)13-6-7-16-15(9-13)24(10-17(25)21-2)18(26)11-27-16/h3-9H,10-11H2,1-2H3,(H,21,25). The first-order valence-corrected chi connectivity index (χ1v) is 9.55. The van der Waals surface area contributed by atoms with Crippen molar-refractivity contribution in [1.29, 1.82) is 0 Å². The van der Waals surface area contributed by atoms with Crippen molar-refractivity contribution in [3.63, 3.8) is 0 Å². The van der Waals surface area contributed by atoms with Crippen molar-refractivity contribution >= 4 is 28.8 Å². The van der Waals surface area contributed by atoms with Crippen LogP contribution in [0.3, 0.4) is 0 Å². The molecule has 0 atom stereocenters. The van der Waals surface area contributed by atoms with Crippen molar-refractivity contribution in [3.05, 3.63) is 47.5 Å². The third-order valence-corrected chi connectivity index (χ3v) is 5.43. The minimum Gasteiger partial charge on any atom is -0.482 e. The number of nitrogens with zero attached hydrogens (tertiary/aromatic N) is 3. The molecule has 142 valence electrons. The van der Waals surface area contributed by atoms with Gasteiger partial charge >= 0.3 is 0 Å². The molecule has 1 aliphatic heterocycles. The lowest BCUT2D eigenvalue weighted by molar-refractivity contribution is -0.125. The number of hydrogen-bond donors (Lipinski definition) is 1. The largest absolute Gasteiger partial charge is 0.482 e. The molecule has 0 spiro atoms. The van der Waals surface area contributed by atoms with E-state index in [2.05, 4.69) is 10.3 Å². The zero-order valence-corrected chi connectivity index (χ0v) is 16.2. The number of pyridine rings is 1. The second-order valence-corrected chi connectivity index (χ2v) is 7.47. The fourth-order valence-electron chi connectivity index (χ4n) is 3.01. The first kappa shape index (κ1) is 18.1. The molecular weight excluding hydrogens is 376 g/mol. The van der Waals surface area contributed by atoms with Gasteiger partial charge in [-0.2, -0.15) is 0 Å². The fourth-order valence-corrected chi connectivity index (χ4v) is 3.92. The quantitative estimate of drug-likeness (QED) is 0.735. The van der Waals surface area contributed by atoms with Gasteiger partial charge in [-0.1, -0.05) is 6.07 Å². The minimum absolute atomic E-state index is 0.0512. The molecule has 28 heavy (non-hydrogen) atoms. The molecule has 0 saturated carbocycles. The third kappa shape index (κ3) is 3.34. The van der Waals surface area contributed by atoms with Gasteiger partial charge in [-0.3, -0.25) is 19.5 Å². The van der Waals surface area contributed by atoms with Crippen LogP contribution >= 0.6 is 11.3 Å². The van der Waals surface area contributed by atoms with E-state index in [1.54, 1.807) is 24.6 Å². The van der Waals surface area contributed by atoms with E-state index in [4.69, 9.17) is 9.72 Å². The van der Waals surface area contributed by atoms with Crippen LogP contribution in [0.15, 0.2) is 42.6 Å². The Bertz CT molecular complexity index is 1050. The molecule has 0 radical (unpaired) electrons. The molecule has 1 aliphatic rings. The van der Waals surface area contributed by atoms with Gasteiger partial charge in [0.05, 0.1) is 17.1 Å². The number of aromatic nitrogens is 2. The zero-order chi connectivity index (χ0) is 19.7. The van der Waals surface area contributed by atoms with Gasteiger partial charge in [0.15, 0.2) is 6.61 Å². The maximum atomic E-state index is 12.3. The van der Waals surface area contributed by atoms with E-state index in [0.29, 0.717) is 11.4 Å². The van der Waals surface area contributed by atoms with Gasteiger partial charge in [0, 0.05) is 23.7 Å². The number of fused-ring (bicyclic) bond motifs is 1. The number of aryl methyl sites for hydroxylation is 1. The van der Waals surface area contributed by atoms with Crippen LogP contribution in [0.2, 0.25) is 0 Å². The van der Waals surface area contributed by atoms with Gasteiger partial charge in [0.25, 0.3) is 5.91 Å². The van der Waals surface area contributed by atoms with E-state index in [9.17, 15) is 9.59 Å². The summed E-state index contributed by atoms with van der Waals surface area (Å²) in [7, 11) is 1.54. The summed E-state index contributed by atoms with van der Waals surface area (Å²) in [5.74, 6) is 0.0800. The zero-order valence-electron chi connectivity index (χ0n) is 15.4. The van der Waals surface area contributed by atoms with Crippen LogP contribution in [0, 0.1) is 6.92 Å². The van der Waals surface area contributed by atoms with Gasteiger partial charge in [-0.15, -0.1) is 11.3 Å². The number of hydrogen-bond acceptors (Lipinski definition) is 6. The summed E-state index contributed by atoms with van der Waals surface area (Å²) in [5, 5.41) is 3.38. The molecule has 3 heterocycles. The Morgan fingerprint density at radius 1 is 1.32 bits per heavy atom. The molecule has 0 bridgehead atoms. The van der Waals surface area contributed by atoms with Gasteiger partial charge in [0.2, 0.25) is 5.91 Å². The van der Waals surface area contributed by atoms with Crippen LogP contribution in [0.1, 0.15) is 4.88 Å². The topological polar surface area (TPSA) is 84.4 Å². The van der Waals surface area contributed by atoms with E-state index >= 15 is 0 Å². The maximum Gasteiger partial charge on any atom is 0.265 e. The number of nitrogens with one attached hydrogen (secondary N) is 1. The number of carbonyl (C=O) groups excluding carboxylic acids is 2. The predicted molar refractivity (Wildman–Crippen MR) is 107 cm³/mol. The molecule has 2 amide bonds. The fraction of sp³-hybridized carbons (Fsp3) is 0.200. The number of benzene rings is 1. The van der Waals surface area contributed by atoms with Crippen molar-refractivity contribution in [2.75, 3.05) is 25.1 Å². The van der Waals surface area contributed by atoms with Crippen molar-refractivity contribution in [2.24, 2.45) is 0 Å². The highest BCUT2D eigenvalue weighted by Gasteiger charge is 2.28. The first-order chi connectivity index (χ1) is 13.6. The SMILES string of the molecule is CNC(=O)CN1C(=O)COc2ccc(-c3nc(-c4ccccn4)sc3C)cc21. The minimum atomic E-state index is -0.252. The van der Waals surface area contributed by atoms with E-state index < -0.39 is 0 Å². The number of ether oxygens (including phenoxy) is 1. The van der Waals surface area contributed by atoms with E-state index in [1.165, 1.54) is 4.90 Å². The molecule has 1 N–H and O–H groups in total. The first-order valence-electron chi connectivity index (χ1n) is 8.74. The molecule has 7 nitrogen and oxygen atoms in total. The lowest BCUT2D eigenvalue weighted by Gasteiger charge is -2.29. The molecule has 3 aromatic rings. The molecule has 2 aromatic heterocycles. The Labute approximate surface area is 166 Å². The molecule has 0 fully saturated rings. The number of likely N-dealkylation sites (N-methyl/N-ethyl adjacent to an activating group) is 1. The molecule has 4 rings (SSSR count). The molecule has 0 unspecified atom stereocenters. The van der Waals surface area contributed by atoms with Crippen molar-refractivity contribution in [1.82, 2.24) is 15.3 Å². The Hall–Kier alpha value is -3.26. The smallest absolute Gasteiger partial charge is 0.265 e. The van der Waals surface area contributed by atoms with E-state index in [1.807, 2.05) is 43.3 Å². The third-order valence-electron chi connectivity index (χ3n) is 4.44. The molecule has 0 saturated heterocycles. The van der Waals surface area contributed by atoms with Gasteiger partial charge in [0.1, 0.15) is 17.3 Å². The summed E-state index contributed by atoms with van der Waals surface area (Å²) < 4.78 is 5.53. The average molecular weight is 394 g/mol. The number of amides is 2. The second-order valence-electron chi connectivity index (χ2n) is 6.26. The van der Waals surface area contributed by atoms with Crippen LogP contribution in [0.4, 0.5) is 5.69 Å². The highest BCUT2D eigenvalue weighted by atomic mass is 32.1. The van der Waals surface area contributed by atoms with Crippen LogP contribution in [-0.2, 0) is 9.59 Å². The Kier molecular flexibility index (Phi) is 4.79. The van der Waals surface area contributed by atoms with Gasteiger partial charge in [-0.05, 0) is 37.3 Å². The Morgan fingerprint density at radius 3 is 2.93 bits per heavy atom. The van der Waals surface area contributed by atoms with E-state index in [0.717, 1.165) is 26.8 Å². The Balaban J connectivity index is 1.74. The lowest BCUT2D eigenvalue weighted by Crippen LogP contribution is -2.44. The van der Waals surface area contributed by atoms with Crippen LogP contribution < -0.4 is 15.0 Å². The van der Waals surface area contributed by atoms with Crippen LogP contribution in [-0.4, -0.2) is 42.0 Å². The maximum absolute atomic E-state index is 12.3. The molecular formula is C20H18N4O3S. The summed E-state index contributed by atoms with van der Waals surface area (Å²) in [6, 6.07) is 11.3. The summed E-state index contributed by atoms with van der Waals surface area (Å²) >= 11 is 1.57. The number of carbonyl (C=O) groups is 2. The predicted octanol–water partition coefficient (Wildman–Crippen LogP) is 2.65. The monoisotopic (exact) mass is 394 g/mol. The number of anilines is 1. The molecule has 0 aliphatic carbocycles. The van der Waals surface area contributed by atoms with Crippen molar-refractivity contribution in [2.45, 2.75) is 6.92 Å². The van der Waals surface area contributed by atoms with Crippen LogP contribution in [0.5, 0.6) is 5.75 Å². The number of rotatable bonds is 4. The lowest BCUT2D eigenvalue weighted by atomic mass is 10.1. The summed E-state index contributed by atoms with van der Waals surface area (Å²) in [4.78, 5) is 35.8. The molecule has 8 heteroatoms. The van der Waals surface area contributed by atoms with Gasteiger partial charge in [-0.25, -0.2) is 4.98 Å². The van der Waals surface area contributed by atoms with E-state index in [-0.39, 0.29) is 25.0 Å². The van der Waals surface area contributed by atoms with Crippen molar-refractivity contribution < 1.29 is 14.3 Å². The second kappa shape index (κ2) is 7.40.